The van der Waals surface area contributed by atoms with Crippen molar-refractivity contribution in [2.75, 3.05) is 11.5 Å². The first-order valence-electron chi connectivity index (χ1n) is 7.08. The molecule has 2 aromatic carbocycles. The molecule has 1 atom stereocenters. The number of hydrogen-bond acceptors (Lipinski definition) is 3. The second-order valence-electron chi connectivity index (χ2n) is 5.21. The van der Waals surface area contributed by atoms with Crippen molar-refractivity contribution in [1.82, 2.24) is 5.32 Å². The van der Waals surface area contributed by atoms with Crippen LogP contribution in [0, 0.1) is 0 Å². The Morgan fingerprint density at radius 1 is 1.19 bits per heavy atom. The summed E-state index contributed by atoms with van der Waals surface area (Å²) < 4.78 is 0. The van der Waals surface area contributed by atoms with Crippen LogP contribution in [0.4, 0.5) is 5.69 Å². The summed E-state index contributed by atoms with van der Waals surface area (Å²) in [6.07, 6.45) is 1.38. The molecule has 0 aromatic heterocycles. The van der Waals surface area contributed by atoms with Crippen LogP contribution in [0.1, 0.15) is 23.6 Å². The molecule has 1 aliphatic heterocycles. The number of fused-ring (bicyclic) bond motifs is 1. The minimum absolute atomic E-state index is 0.0616. The maximum Gasteiger partial charge on any atom is 0.224 e. The Hall–Kier alpha value is -1.94. The van der Waals surface area contributed by atoms with Crippen LogP contribution in [0.5, 0.6) is 0 Å². The lowest BCUT2D eigenvalue weighted by atomic mass is 10.0. The third-order valence-corrected chi connectivity index (χ3v) is 4.76. The lowest BCUT2D eigenvalue weighted by Gasteiger charge is -2.25. The molecule has 21 heavy (non-hydrogen) atoms. The van der Waals surface area contributed by atoms with Gasteiger partial charge in [-0.3, -0.25) is 4.79 Å². The molecular formula is C17H18N2OS. The molecule has 0 saturated carbocycles. The number of nitrogens with one attached hydrogen (secondary N) is 1. The highest BCUT2D eigenvalue weighted by molar-refractivity contribution is 7.99. The summed E-state index contributed by atoms with van der Waals surface area (Å²) in [7, 11) is 0. The molecule has 3 N–H and O–H groups in total. The quantitative estimate of drug-likeness (QED) is 0.856. The first-order chi connectivity index (χ1) is 10.2. The van der Waals surface area contributed by atoms with E-state index in [1.807, 2.05) is 48.2 Å². The van der Waals surface area contributed by atoms with Gasteiger partial charge in [-0.25, -0.2) is 0 Å². The minimum atomic E-state index is 0.0616. The Morgan fingerprint density at radius 3 is 2.76 bits per heavy atom. The van der Waals surface area contributed by atoms with Crippen molar-refractivity contribution < 1.29 is 4.79 Å². The smallest absolute Gasteiger partial charge is 0.224 e. The maximum atomic E-state index is 12.2. The normalized spacial score (nSPS) is 17.0. The Kier molecular flexibility index (Phi) is 4.15. The Morgan fingerprint density at radius 2 is 1.95 bits per heavy atom. The van der Waals surface area contributed by atoms with Crippen molar-refractivity contribution in [2.24, 2.45) is 0 Å². The third-order valence-electron chi connectivity index (χ3n) is 3.64. The lowest BCUT2D eigenvalue weighted by molar-refractivity contribution is -0.121. The van der Waals surface area contributed by atoms with Crippen LogP contribution in [0.15, 0.2) is 53.4 Å². The summed E-state index contributed by atoms with van der Waals surface area (Å²) in [6.45, 7) is 0. The molecule has 0 saturated heterocycles. The van der Waals surface area contributed by atoms with E-state index >= 15 is 0 Å². The van der Waals surface area contributed by atoms with Crippen LogP contribution >= 0.6 is 11.8 Å². The standard InChI is InChI=1S/C17H18N2OS/c18-13-7-5-12(6-8-13)11-17(20)19-15-9-10-21-16-4-2-1-3-14(15)16/h1-8,15H,9-11,18H2,(H,19,20). The maximum absolute atomic E-state index is 12.2. The van der Waals surface area contributed by atoms with Crippen molar-refractivity contribution >= 4 is 23.4 Å². The van der Waals surface area contributed by atoms with Gasteiger partial charge in [0.05, 0.1) is 12.5 Å². The van der Waals surface area contributed by atoms with E-state index in [0.29, 0.717) is 6.42 Å². The van der Waals surface area contributed by atoms with Crippen LogP contribution in [0.3, 0.4) is 0 Å². The summed E-state index contributed by atoms with van der Waals surface area (Å²) in [4.78, 5) is 13.5. The van der Waals surface area contributed by atoms with E-state index in [1.54, 1.807) is 0 Å². The van der Waals surface area contributed by atoms with Crippen LogP contribution in [-0.2, 0) is 11.2 Å². The highest BCUT2D eigenvalue weighted by Crippen LogP contribution is 2.35. The number of nitrogen functional groups attached to an aromatic ring is 1. The van der Waals surface area contributed by atoms with Crippen LogP contribution in [0.25, 0.3) is 0 Å². The zero-order chi connectivity index (χ0) is 14.7. The predicted molar refractivity (Wildman–Crippen MR) is 87.2 cm³/mol. The van der Waals surface area contributed by atoms with Crippen molar-refractivity contribution in [1.29, 1.82) is 0 Å². The molecule has 4 heteroatoms. The fourth-order valence-corrected chi connectivity index (χ4v) is 3.68. The van der Waals surface area contributed by atoms with E-state index in [0.717, 1.165) is 23.4 Å². The molecule has 108 valence electrons. The molecule has 0 bridgehead atoms. The van der Waals surface area contributed by atoms with Gasteiger partial charge in [-0.15, -0.1) is 11.8 Å². The Labute approximate surface area is 128 Å². The van der Waals surface area contributed by atoms with Crippen LogP contribution in [0.2, 0.25) is 0 Å². The van der Waals surface area contributed by atoms with Gasteiger partial charge < -0.3 is 11.1 Å². The average Bonchev–Trinajstić information content (AvgIpc) is 2.50. The molecule has 1 aliphatic rings. The summed E-state index contributed by atoms with van der Waals surface area (Å²) >= 11 is 1.86. The highest BCUT2D eigenvalue weighted by Gasteiger charge is 2.21. The number of benzene rings is 2. The zero-order valence-electron chi connectivity index (χ0n) is 11.7. The number of thioether (sulfide) groups is 1. The molecule has 0 spiro atoms. The summed E-state index contributed by atoms with van der Waals surface area (Å²) in [5.41, 5.74) is 8.60. The van der Waals surface area contributed by atoms with E-state index in [1.165, 1.54) is 10.5 Å². The molecule has 2 aromatic rings. The first kappa shape index (κ1) is 14.0. The fourth-order valence-electron chi connectivity index (χ4n) is 2.56. The second kappa shape index (κ2) is 6.22. The molecule has 0 radical (unpaired) electrons. The van der Waals surface area contributed by atoms with Crippen molar-refractivity contribution in [3.63, 3.8) is 0 Å². The van der Waals surface area contributed by atoms with Gasteiger partial charge in [0.25, 0.3) is 0 Å². The van der Waals surface area contributed by atoms with Gasteiger partial charge in [0.2, 0.25) is 5.91 Å². The molecule has 1 amide bonds. The van der Waals surface area contributed by atoms with E-state index in [4.69, 9.17) is 5.73 Å². The minimum Gasteiger partial charge on any atom is -0.399 e. The van der Waals surface area contributed by atoms with Gasteiger partial charge >= 0.3 is 0 Å². The van der Waals surface area contributed by atoms with E-state index in [9.17, 15) is 4.79 Å². The van der Waals surface area contributed by atoms with Gasteiger partial charge in [-0.05, 0) is 35.7 Å². The third kappa shape index (κ3) is 3.39. The number of amides is 1. The van der Waals surface area contributed by atoms with E-state index in [2.05, 4.69) is 17.4 Å². The van der Waals surface area contributed by atoms with Crippen LogP contribution < -0.4 is 11.1 Å². The SMILES string of the molecule is Nc1ccc(CC(=O)NC2CCSc3ccccc32)cc1. The van der Waals surface area contributed by atoms with Gasteiger partial charge in [0, 0.05) is 16.3 Å². The largest absolute Gasteiger partial charge is 0.399 e. The number of hydrogen-bond donors (Lipinski definition) is 2. The molecule has 3 rings (SSSR count). The first-order valence-corrected chi connectivity index (χ1v) is 8.06. The Balaban J connectivity index is 1.67. The van der Waals surface area contributed by atoms with E-state index in [-0.39, 0.29) is 11.9 Å². The monoisotopic (exact) mass is 298 g/mol. The molecule has 0 fully saturated rings. The van der Waals surface area contributed by atoms with Crippen molar-refractivity contribution in [3.05, 3.63) is 59.7 Å². The van der Waals surface area contributed by atoms with Crippen molar-refractivity contribution in [2.45, 2.75) is 23.8 Å². The number of rotatable bonds is 3. The average molecular weight is 298 g/mol. The zero-order valence-corrected chi connectivity index (χ0v) is 12.5. The fraction of sp³-hybridized carbons (Fsp3) is 0.235. The molecule has 1 unspecified atom stereocenters. The number of anilines is 1. The lowest BCUT2D eigenvalue weighted by Crippen LogP contribution is -2.31. The van der Waals surface area contributed by atoms with Gasteiger partial charge in [0.1, 0.15) is 0 Å². The topological polar surface area (TPSA) is 55.1 Å². The molecule has 1 heterocycles. The highest BCUT2D eigenvalue weighted by atomic mass is 32.2. The van der Waals surface area contributed by atoms with Crippen LogP contribution in [-0.4, -0.2) is 11.7 Å². The number of carbonyl (C=O) groups is 1. The van der Waals surface area contributed by atoms with Gasteiger partial charge in [-0.1, -0.05) is 30.3 Å². The van der Waals surface area contributed by atoms with Gasteiger partial charge in [-0.2, -0.15) is 0 Å². The number of carbonyl (C=O) groups excluding carboxylic acids is 1. The predicted octanol–water partition coefficient (Wildman–Crippen LogP) is 3.16. The summed E-state index contributed by atoms with van der Waals surface area (Å²) in [5, 5.41) is 3.15. The van der Waals surface area contributed by atoms with E-state index < -0.39 is 0 Å². The summed E-state index contributed by atoms with van der Waals surface area (Å²) in [5.74, 6) is 1.11. The van der Waals surface area contributed by atoms with Crippen molar-refractivity contribution in [3.8, 4) is 0 Å². The molecule has 0 aliphatic carbocycles. The summed E-state index contributed by atoms with van der Waals surface area (Å²) in [6, 6.07) is 15.9. The Bertz CT molecular complexity index is 639. The molecular weight excluding hydrogens is 280 g/mol. The molecule has 3 nitrogen and oxygen atoms in total. The number of nitrogens with two attached hydrogens (primary N) is 1. The second-order valence-corrected chi connectivity index (χ2v) is 6.35. The van der Waals surface area contributed by atoms with Gasteiger partial charge in [0.15, 0.2) is 0 Å².